The smallest absolute Gasteiger partial charge is 0.232 e. The van der Waals surface area contributed by atoms with Gasteiger partial charge in [0.05, 0.1) is 11.9 Å². The Labute approximate surface area is 408 Å². The topological polar surface area (TPSA) is 50.3 Å². The summed E-state index contributed by atoms with van der Waals surface area (Å²) in [5.74, 6) is 1.30. The molecule has 6 aromatic rings. The molecule has 356 valence electrons. The van der Waals surface area contributed by atoms with Crippen molar-refractivity contribution in [2.75, 3.05) is 82.6 Å². The minimum absolute atomic E-state index is 0.108. The number of fused-ring (bicyclic) bond motifs is 2. The highest BCUT2D eigenvalue weighted by atomic mass is 32.2. The first-order chi connectivity index (χ1) is 33.2. The van der Waals surface area contributed by atoms with Crippen LogP contribution < -0.4 is 4.31 Å². The van der Waals surface area contributed by atoms with Crippen LogP contribution in [0.25, 0.3) is 0 Å². The molecule has 4 atom stereocenters. The van der Waals surface area contributed by atoms with Gasteiger partial charge in [-0.25, -0.2) is 8.42 Å². The summed E-state index contributed by atoms with van der Waals surface area (Å²) in [5, 5.41) is 0. The summed E-state index contributed by atoms with van der Waals surface area (Å²) in [6.45, 7) is 13.6. The van der Waals surface area contributed by atoms with E-state index in [4.69, 9.17) is 0 Å². The zero-order valence-electron chi connectivity index (χ0n) is 40.4. The van der Waals surface area contributed by atoms with Gasteiger partial charge in [0.1, 0.15) is 0 Å². The second kappa shape index (κ2) is 22.6. The number of hydrogen-bond acceptors (Lipinski definition) is 6. The Hall–Kier alpha value is -5.09. The Morgan fingerprint density at radius 3 is 1.25 bits per heavy atom. The zero-order valence-corrected chi connectivity index (χ0v) is 41.2. The first kappa shape index (κ1) is 48.0. The third-order valence-electron chi connectivity index (χ3n) is 15.7. The number of nitrogens with zero attached hydrogens (tertiary/aromatic N) is 5. The third-order valence-corrected chi connectivity index (χ3v) is 16.8. The van der Waals surface area contributed by atoms with Crippen molar-refractivity contribution < 1.29 is 8.42 Å². The van der Waals surface area contributed by atoms with Crippen LogP contribution >= 0.6 is 0 Å². The van der Waals surface area contributed by atoms with E-state index in [1.807, 2.05) is 30.3 Å². The van der Waals surface area contributed by atoms with E-state index in [1.165, 1.54) is 86.1 Å². The highest BCUT2D eigenvalue weighted by Crippen LogP contribution is 2.47. The number of anilines is 1. The van der Waals surface area contributed by atoms with Crippen LogP contribution in [0.15, 0.2) is 182 Å². The molecule has 0 saturated carbocycles. The second-order valence-corrected chi connectivity index (χ2v) is 22.5. The molecule has 4 heterocycles. The van der Waals surface area contributed by atoms with E-state index in [1.54, 1.807) is 4.31 Å². The molecule has 0 aromatic heterocycles. The summed E-state index contributed by atoms with van der Waals surface area (Å²) in [6.07, 6.45) is 8.47. The molecule has 4 fully saturated rings. The second-order valence-electron chi connectivity index (χ2n) is 20.6. The summed E-state index contributed by atoms with van der Waals surface area (Å²) in [6, 6.07) is 64.1. The molecular weight excluding hydrogens is 855 g/mol. The average Bonchev–Trinajstić information content (AvgIpc) is 3.92. The van der Waals surface area contributed by atoms with Crippen LogP contribution in [-0.2, 0) is 42.4 Å². The lowest BCUT2D eigenvalue weighted by atomic mass is 9.70. The van der Waals surface area contributed by atoms with Crippen molar-refractivity contribution in [1.82, 2.24) is 19.6 Å². The van der Waals surface area contributed by atoms with E-state index in [9.17, 15) is 8.42 Å². The van der Waals surface area contributed by atoms with Gasteiger partial charge in [0, 0.05) is 82.8 Å². The number of benzene rings is 6. The van der Waals surface area contributed by atoms with Crippen molar-refractivity contribution in [3.63, 3.8) is 0 Å². The van der Waals surface area contributed by atoms with Crippen molar-refractivity contribution in [2.24, 2.45) is 22.7 Å². The molecular formula is C60H73N5O2S. The Bertz CT molecular complexity index is 2540. The van der Waals surface area contributed by atoms with Gasteiger partial charge in [-0.15, -0.1) is 0 Å². The molecule has 0 spiro atoms. The molecule has 8 heteroatoms. The van der Waals surface area contributed by atoms with Crippen molar-refractivity contribution in [3.05, 3.63) is 210 Å². The number of likely N-dealkylation sites (tertiary alicyclic amines) is 4. The molecule has 0 aliphatic carbocycles. The fraction of sp³-hybridized carbons (Fsp3) is 0.400. The van der Waals surface area contributed by atoms with Gasteiger partial charge in [-0.3, -0.25) is 14.1 Å². The Morgan fingerprint density at radius 2 is 0.809 bits per heavy atom. The number of sulfonamides is 1. The number of piperidine rings is 2. The summed E-state index contributed by atoms with van der Waals surface area (Å²) in [4.78, 5) is 10.6. The van der Waals surface area contributed by atoms with Crippen molar-refractivity contribution in [1.29, 1.82) is 0 Å². The van der Waals surface area contributed by atoms with Gasteiger partial charge in [0.25, 0.3) is 0 Å². The molecule has 7 nitrogen and oxygen atoms in total. The highest BCUT2D eigenvalue weighted by Gasteiger charge is 2.52. The maximum atomic E-state index is 13.1. The lowest BCUT2D eigenvalue weighted by Crippen LogP contribution is -2.55. The molecule has 4 unspecified atom stereocenters. The normalized spacial score (nSPS) is 23.3. The van der Waals surface area contributed by atoms with Gasteiger partial charge in [0.2, 0.25) is 10.0 Å². The Morgan fingerprint density at radius 1 is 0.456 bits per heavy atom. The standard InChI is InChI=1S/C30H37N3O2S.C30H36N2/c1-36(34,35)33(29-15-9-4-10-16-29)25-30-23-31(19-17-26-11-5-2-6-12-26)20-18-28(30)22-32(24-30)21-27-13-7-3-8-14-27;1-4-10-26(11-5-1)16-19-30-24-31(20-17-27-12-6-2-7-13-27)21-18-29(30)23-32(25-30)22-28-14-8-3-9-15-28/h2-16,28H,17-25H2,1H3;1-15,29H,16-25H2. The monoisotopic (exact) mass is 928 g/mol. The first-order valence-corrected chi connectivity index (χ1v) is 27.2. The number of rotatable bonds is 17. The van der Waals surface area contributed by atoms with Gasteiger partial charge in [-0.05, 0) is 103 Å². The zero-order chi connectivity index (χ0) is 46.7. The molecule has 4 aliphatic rings. The van der Waals surface area contributed by atoms with E-state index in [0.29, 0.717) is 17.9 Å². The van der Waals surface area contributed by atoms with Crippen LogP contribution in [0.1, 0.15) is 47.1 Å². The van der Waals surface area contributed by atoms with Crippen LogP contribution in [0.4, 0.5) is 5.69 Å². The maximum absolute atomic E-state index is 13.1. The average molecular weight is 928 g/mol. The van der Waals surface area contributed by atoms with E-state index in [-0.39, 0.29) is 5.41 Å². The molecule has 0 N–H and O–H groups in total. The van der Waals surface area contributed by atoms with E-state index in [2.05, 4.69) is 171 Å². The molecule has 10 rings (SSSR count). The van der Waals surface area contributed by atoms with E-state index >= 15 is 0 Å². The molecule has 0 radical (unpaired) electrons. The SMILES string of the molecule is CS(=O)(=O)N(CC12CN(CCc3ccccc3)CCC1CN(Cc1ccccc1)C2)c1ccccc1.c1ccc(CCN2CCC3CN(Cc4ccccc4)CC3(CCc3ccccc3)C2)cc1. The quantitative estimate of drug-likeness (QED) is 0.0909. The van der Waals surface area contributed by atoms with E-state index < -0.39 is 10.0 Å². The van der Waals surface area contributed by atoms with Crippen LogP contribution in [0.2, 0.25) is 0 Å². The molecule has 68 heavy (non-hydrogen) atoms. The third kappa shape index (κ3) is 12.6. The van der Waals surface area contributed by atoms with Crippen LogP contribution in [0.3, 0.4) is 0 Å². The van der Waals surface area contributed by atoms with Crippen LogP contribution in [-0.4, -0.2) is 106 Å². The van der Waals surface area contributed by atoms with Crippen molar-refractivity contribution in [2.45, 2.75) is 51.6 Å². The summed E-state index contributed by atoms with van der Waals surface area (Å²) in [7, 11) is -3.41. The lowest BCUT2D eigenvalue weighted by Gasteiger charge is -2.46. The fourth-order valence-corrected chi connectivity index (χ4v) is 13.2. The summed E-state index contributed by atoms with van der Waals surface area (Å²) < 4.78 is 27.8. The van der Waals surface area contributed by atoms with Gasteiger partial charge in [-0.1, -0.05) is 170 Å². The minimum Gasteiger partial charge on any atom is -0.302 e. The van der Waals surface area contributed by atoms with Gasteiger partial charge < -0.3 is 9.80 Å². The summed E-state index contributed by atoms with van der Waals surface area (Å²) >= 11 is 0. The first-order valence-electron chi connectivity index (χ1n) is 25.3. The molecule has 6 aromatic carbocycles. The van der Waals surface area contributed by atoms with Crippen molar-refractivity contribution in [3.8, 4) is 0 Å². The molecule has 4 saturated heterocycles. The fourth-order valence-electron chi connectivity index (χ4n) is 12.2. The minimum atomic E-state index is -3.41. The van der Waals surface area contributed by atoms with Gasteiger partial charge in [-0.2, -0.15) is 0 Å². The summed E-state index contributed by atoms with van der Waals surface area (Å²) in [5.41, 5.74) is 8.14. The number of aryl methyl sites for hydroxylation is 1. The molecule has 0 bridgehead atoms. The predicted octanol–water partition coefficient (Wildman–Crippen LogP) is 10.2. The predicted molar refractivity (Wildman–Crippen MR) is 281 cm³/mol. The largest absolute Gasteiger partial charge is 0.302 e. The van der Waals surface area contributed by atoms with E-state index in [0.717, 1.165) is 76.7 Å². The molecule has 4 aliphatic heterocycles. The highest BCUT2D eigenvalue weighted by molar-refractivity contribution is 7.92. The Balaban J connectivity index is 0.000000171. The van der Waals surface area contributed by atoms with Crippen molar-refractivity contribution >= 4 is 15.7 Å². The van der Waals surface area contributed by atoms with Gasteiger partial charge in [0.15, 0.2) is 0 Å². The maximum Gasteiger partial charge on any atom is 0.232 e. The van der Waals surface area contributed by atoms with Crippen LogP contribution in [0, 0.1) is 22.7 Å². The van der Waals surface area contributed by atoms with Crippen LogP contribution in [0.5, 0.6) is 0 Å². The number of hydrogen-bond donors (Lipinski definition) is 0. The van der Waals surface area contributed by atoms with Gasteiger partial charge >= 0.3 is 0 Å². The number of para-hydroxylation sites is 1. The lowest BCUT2D eigenvalue weighted by molar-refractivity contribution is 0.0537. The Kier molecular flexibility index (Phi) is 15.9. The molecule has 0 amide bonds.